The molecule has 1 aliphatic heterocycles. The van der Waals surface area contributed by atoms with E-state index in [-0.39, 0.29) is 12.0 Å². The number of amides is 1. The zero-order valence-electron chi connectivity index (χ0n) is 14.8. The summed E-state index contributed by atoms with van der Waals surface area (Å²) in [5.74, 6) is 0.903. The molecule has 25 heavy (non-hydrogen) atoms. The molecule has 0 bridgehead atoms. The van der Waals surface area contributed by atoms with Crippen molar-refractivity contribution in [2.45, 2.75) is 13.0 Å². The van der Waals surface area contributed by atoms with E-state index in [0.717, 1.165) is 30.2 Å². The Hall–Kier alpha value is -2.53. The van der Waals surface area contributed by atoms with Gasteiger partial charge in [-0.15, -0.1) is 0 Å². The Morgan fingerprint density at radius 3 is 2.68 bits per heavy atom. The van der Waals surface area contributed by atoms with Gasteiger partial charge in [0.1, 0.15) is 11.9 Å². The van der Waals surface area contributed by atoms with E-state index in [4.69, 9.17) is 4.74 Å². The molecule has 3 rings (SSSR count). The van der Waals surface area contributed by atoms with E-state index >= 15 is 0 Å². The van der Waals surface area contributed by atoms with Crippen LogP contribution in [-0.2, 0) is 4.79 Å². The second kappa shape index (κ2) is 8.03. The third-order valence-electron chi connectivity index (χ3n) is 4.29. The first-order chi connectivity index (χ1) is 12.2. The minimum absolute atomic E-state index is 0.0164. The van der Waals surface area contributed by atoms with E-state index < -0.39 is 0 Å². The molecule has 0 unspecified atom stereocenters. The molecular formula is C20H25N3O2. The lowest BCUT2D eigenvalue weighted by Gasteiger charge is -2.37. The predicted molar refractivity (Wildman–Crippen MR) is 101 cm³/mol. The van der Waals surface area contributed by atoms with Crippen LogP contribution in [0.2, 0.25) is 0 Å². The molecule has 1 heterocycles. The summed E-state index contributed by atoms with van der Waals surface area (Å²) >= 11 is 0. The third-order valence-corrected chi connectivity index (χ3v) is 4.29. The van der Waals surface area contributed by atoms with Crippen LogP contribution in [0.25, 0.3) is 0 Å². The number of ether oxygens (including phenoxy) is 1. The van der Waals surface area contributed by atoms with Crippen molar-refractivity contribution < 1.29 is 9.53 Å². The van der Waals surface area contributed by atoms with E-state index in [1.54, 1.807) is 0 Å². The molecule has 0 radical (unpaired) electrons. The Labute approximate surface area is 149 Å². The van der Waals surface area contributed by atoms with Crippen LogP contribution in [0.5, 0.6) is 5.75 Å². The number of rotatable bonds is 6. The molecule has 1 atom stereocenters. The predicted octanol–water partition coefficient (Wildman–Crippen LogP) is 2.84. The first-order valence-corrected chi connectivity index (χ1v) is 8.69. The third kappa shape index (κ3) is 4.51. The number of likely N-dealkylation sites (N-methyl/N-ethyl adjacent to an activating group) is 2. The molecule has 5 nitrogen and oxygen atoms in total. The molecular weight excluding hydrogens is 314 g/mol. The van der Waals surface area contributed by atoms with Gasteiger partial charge in [-0.05, 0) is 38.2 Å². The summed E-state index contributed by atoms with van der Waals surface area (Å²) in [5.41, 5.74) is 1.96. The summed E-state index contributed by atoms with van der Waals surface area (Å²) in [6, 6.07) is 17.6. The van der Waals surface area contributed by atoms with Gasteiger partial charge in [0, 0.05) is 18.8 Å². The molecule has 0 saturated heterocycles. The Kier molecular flexibility index (Phi) is 5.56. The van der Waals surface area contributed by atoms with Crippen LogP contribution in [0.1, 0.15) is 6.92 Å². The highest BCUT2D eigenvalue weighted by Gasteiger charge is 2.25. The van der Waals surface area contributed by atoms with Crippen molar-refractivity contribution in [1.82, 2.24) is 4.90 Å². The van der Waals surface area contributed by atoms with Gasteiger partial charge < -0.3 is 15.0 Å². The standard InChI is InChI=1S/C20H25N3O2/c1-3-23-14-17(25-19-12-8-7-11-18(19)23)13-22(2)15-20(24)21-16-9-5-4-6-10-16/h4-12,17H,3,13-15H2,1-2H3,(H,21,24)/t17-/m0/s1. The van der Waals surface area contributed by atoms with E-state index in [2.05, 4.69) is 23.2 Å². The molecule has 2 aromatic rings. The summed E-state index contributed by atoms with van der Waals surface area (Å²) in [6.45, 7) is 4.96. The van der Waals surface area contributed by atoms with Crippen molar-refractivity contribution in [1.29, 1.82) is 0 Å². The van der Waals surface area contributed by atoms with Gasteiger partial charge in [-0.25, -0.2) is 0 Å². The zero-order valence-corrected chi connectivity index (χ0v) is 14.8. The molecule has 0 aromatic heterocycles. The van der Waals surface area contributed by atoms with Crippen molar-refractivity contribution in [3.05, 3.63) is 54.6 Å². The van der Waals surface area contributed by atoms with Crippen molar-refractivity contribution in [3.63, 3.8) is 0 Å². The Bertz CT molecular complexity index is 705. The number of hydrogen-bond acceptors (Lipinski definition) is 4. The number of carbonyl (C=O) groups excluding carboxylic acids is 1. The van der Waals surface area contributed by atoms with Gasteiger partial charge in [-0.2, -0.15) is 0 Å². The van der Waals surface area contributed by atoms with Gasteiger partial charge in [-0.1, -0.05) is 30.3 Å². The fourth-order valence-corrected chi connectivity index (χ4v) is 3.15. The fraction of sp³-hybridized carbons (Fsp3) is 0.350. The number of para-hydroxylation sites is 3. The maximum absolute atomic E-state index is 12.2. The first kappa shape index (κ1) is 17.3. The SMILES string of the molecule is CCN1C[C@H](CN(C)CC(=O)Nc2ccccc2)Oc2ccccc21. The molecule has 0 fully saturated rings. The van der Waals surface area contributed by atoms with Gasteiger partial charge in [0.2, 0.25) is 5.91 Å². The Morgan fingerprint density at radius 2 is 1.92 bits per heavy atom. The molecule has 0 saturated carbocycles. The van der Waals surface area contributed by atoms with E-state index in [1.807, 2.05) is 60.5 Å². The number of benzene rings is 2. The lowest BCUT2D eigenvalue weighted by Crippen LogP contribution is -2.46. The highest BCUT2D eigenvalue weighted by Crippen LogP contribution is 2.32. The van der Waals surface area contributed by atoms with Gasteiger partial charge in [0.25, 0.3) is 0 Å². The van der Waals surface area contributed by atoms with Crippen LogP contribution >= 0.6 is 0 Å². The lowest BCUT2D eigenvalue weighted by molar-refractivity contribution is -0.117. The number of fused-ring (bicyclic) bond motifs is 1. The minimum Gasteiger partial charge on any atom is -0.485 e. The maximum Gasteiger partial charge on any atom is 0.238 e. The molecule has 0 spiro atoms. The molecule has 1 amide bonds. The van der Waals surface area contributed by atoms with Gasteiger partial charge in [0.05, 0.1) is 18.8 Å². The summed E-state index contributed by atoms with van der Waals surface area (Å²) in [7, 11) is 1.95. The van der Waals surface area contributed by atoms with Gasteiger partial charge >= 0.3 is 0 Å². The second-order valence-electron chi connectivity index (χ2n) is 6.36. The molecule has 1 aliphatic rings. The minimum atomic E-state index is -0.0164. The highest BCUT2D eigenvalue weighted by molar-refractivity contribution is 5.92. The number of carbonyl (C=O) groups is 1. The largest absolute Gasteiger partial charge is 0.485 e. The van der Waals surface area contributed by atoms with Gasteiger partial charge in [-0.3, -0.25) is 9.69 Å². The Morgan fingerprint density at radius 1 is 1.20 bits per heavy atom. The Balaban J connectivity index is 1.54. The van der Waals surface area contributed by atoms with Crippen molar-refractivity contribution >= 4 is 17.3 Å². The molecule has 1 N–H and O–H groups in total. The summed E-state index contributed by atoms with van der Waals surface area (Å²) in [6.07, 6.45) is 0.0457. The number of nitrogens with zero attached hydrogens (tertiary/aromatic N) is 2. The van der Waals surface area contributed by atoms with Gasteiger partial charge in [0.15, 0.2) is 0 Å². The maximum atomic E-state index is 12.2. The number of nitrogens with one attached hydrogen (secondary N) is 1. The van der Waals surface area contributed by atoms with Crippen LogP contribution in [0.3, 0.4) is 0 Å². The summed E-state index contributed by atoms with van der Waals surface area (Å²) < 4.78 is 6.12. The average Bonchev–Trinajstić information content (AvgIpc) is 2.61. The summed E-state index contributed by atoms with van der Waals surface area (Å²) in [4.78, 5) is 16.5. The topological polar surface area (TPSA) is 44.8 Å². The van der Waals surface area contributed by atoms with Crippen molar-refractivity contribution in [2.24, 2.45) is 0 Å². The normalized spacial score (nSPS) is 16.3. The van der Waals surface area contributed by atoms with Crippen LogP contribution in [0.15, 0.2) is 54.6 Å². The monoisotopic (exact) mass is 339 g/mol. The molecule has 132 valence electrons. The molecule has 5 heteroatoms. The summed E-state index contributed by atoms with van der Waals surface area (Å²) in [5, 5.41) is 2.91. The van der Waals surface area contributed by atoms with E-state index in [1.165, 1.54) is 0 Å². The van der Waals surface area contributed by atoms with Crippen molar-refractivity contribution in [2.75, 3.05) is 43.4 Å². The first-order valence-electron chi connectivity index (χ1n) is 8.69. The van der Waals surface area contributed by atoms with Crippen molar-refractivity contribution in [3.8, 4) is 5.75 Å². The zero-order chi connectivity index (χ0) is 17.6. The average molecular weight is 339 g/mol. The number of hydrogen-bond donors (Lipinski definition) is 1. The van der Waals surface area contributed by atoms with Crippen LogP contribution in [-0.4, -0.2) is 50.1 Å². The van der Waals surface area contributed by atoms with E-state index in [9.17, 15) is 4.79 Å². The highest BCUT2D eigenvalue weighted by atomic mass is 16.5. The molecule has 2 aromatic carbocycles. The van der Waals surface area contributed by atoms with Crippen LogP contribution < -0.4 is 15.0 Å². The quantitative estimate of drug-likeness (QED) is 0.879. The van der Waals surface area contributed by atoms with E-state index in [0.29, 0.717) is 13.1 Å². The molecule has 0 aliphatic carbocycles. The van der Waals surface area contributed by atoms with Crippen LogP contribution in [0.4, 0.5) is 11.4 Å². The second-order valence-corrected chi connectivity index (χ2v) is 6.36. The number of anilines is 2. The lowest BCUT2D eigenvalue weighted by atomic mass is 10.2. The van der Waals surface area contributed by atoms with Crippen LogP contribution in [0, 0.1) is 0 Å². The smallest absolute Gasteiger partial charge is 0.238 e. The fourth-order valence-electron chi connectivity index (χ4n) is 3.15.